The summed E-state index contributed by atoms with van der Waals surface area (Å²) in [5, 5.41) is 1.09. The van der Waals surface area contributed by atoms with Crippen LogP contribution in [0.3, 0.4) is 0 Å². The van der Waals surface area contributed by atoms with Crippen LogP contribution in [0.5, 0.6) is 11.5 Å². The maximum absolute atomic E-state index is 7.16. The number of aromatic nitrogens is 4. The Hall–Kier alpha value is -8.54. The van der Waals surface area contributed by atoms with Gasteiger partial charge in [0.2, 0.25) is 0 Å². The average Bonchev–Trinajstić information content (AvgIpc) is 3.68. The fourth-order valence-corrected chi connectivity index (χ4v) is 10.1. The van der Waals surface area contributed by atoms with Crippen LogP contribution in [0.4, 0.5) is 0 Å². The molecule has 66 heavy (non-hydrogen) atoms. The third-order valence-corrected chi connectivity index (χ3v) is 13.1. The molecule has 0 fully saturated rings. The molecule has 5 nitrogen and oxygen atoms in total. The van der Waals surface area contributed by atoms with Gasteiger partial charge in [0.05, 0.1) is 10.9 Å². The number of ether oxygens (including phenoxy) is 1. The van der Waals surface area contributed by atoms with Crippen molar-refractivity contribution in [3.63, 3.8) is 0 Å². The fraction of sp³-hybridized carbons (Fsp3) is 0.0492. The summed E-state index contributed by atoms with van der Waals surface area (Å²) < 4.78 is 7.16. The summed E-state index contributed by atoms with van der Waals surface area (Å²) in [6, 6.07) is 60.0. The summed E-state index contributed by atoms with van der Waals surface area (Å²) in [5.41, 5.74) is 15.7. The van der Waals surface area contributed by atoms with E-state index in [4.69, 9.17) is 24.7 Å². The molecule has 7 aromatic carbocycles. The van der Waals surface area contributed by atoms with Gasteiger partial charge in [-0.25, -0.2) is 15.0 Å². The van der Waals surface area contributed by atoms with E-state index in [1.54, 1.807) is 0 Å². The van der Waals surface area contributed by atoms with E-state index in [0.29, 0.717) is 17.5 Å². The van der Waals surface area contributed by atoms with Crippen molar-refractivity contribution in [1.82, 2.24) is 19.9 Å². The maximum atomic E-state index is 7.16. The summed E-state index contributed by atoms with van der Waals surface area (Å²) in [7, 11) is 0. The Morgan fingerprint density at radius 1 is 0.545 bits per heavy atom. The lowest BCUT2D eigenvalue weighted by atomic mass is 9.66. The predicted molar refractivity (Wildman–Crippen MR) is 268 cm³/mol. The summed E-state index contributed by atoms with van der Waals surface area (Å²) in [6.07, 6.45) is 18.4. The highest BCUT2D eigenvalue weighted by Gasteiger charge is 2.51. The zero-order chi connectivity index (χ0) is 44.0. The van der Waals surface area contributed by atoms with Crippen LogP contribution in [0, 0.1) is 0 Å². The molecule has 2 aliphatic carbocycles. The Bertz CT molecular complexity index is 3470. The molecule has 5 heteroatoms. The van der Waals surface area contributed by atoms with E-state index in [9.17, 15) is 0 Å². The molecular formula is C61H42N4O. The lowest BCUT2D eigenvalue weighted by Gasteiger charge is -2.39. The molecule has 0 N–H and O–H groups in total. The van der Waals surface area contributed by atoms with Gasteiger partial charge in [0.15, 0.2) is 17.5 Å². The van der Waals surface area contributed by atoms with Crippen LogP contribution in [0.15, 0.2) is 230 Å². The zero-order valence-electron chi connectivity index (χ0n) is 36.1. The minimum atomic E-state index is -0.638. The summed E-state index contributed by atoms with van der Waals surface area (Å²) in [5.74, 6) is 3.22. The molecule has 3 aliphatic rings. The van der Waals surface area contributed by atoms with Gasteiger partial charge in [-0.15, -0.1) is 0 Å². The van der Waals surface area contributed by atoms with Crippen molar-refractivity contribution in [2.75, 3.05) is 0 Å². The third-order valence-electron chi connectivity index (χ3n) is 13.1. The van der Waals surface area contributed by atoms with Crippen LogP contribution < -0.4 is 4.74 Å². The van der Waals surface area contributed by atoms with Gasteiger partial charge in [0, 0.05) is 39.4 Å². The third kappa shape index (κ3) is 6.55. The molecule has 3 heterocycles. The number of allylic oxidation sites excluding steroid dienone is 8. The van der Waals surface area contributed by atoms with E-state index in [1.165, 1.54) is 27.8 Å². The number of para-hydroxylation sites is 1. The van der Waals surface area contributed by atoms with E-state index in [0.717, 1.165) is 85.3 Å². The van der Waals surface area contributed by atoms with Crippen molar-refractivity contribution < 1.29 is 4.74 Å². The Labute approximate surface area is 384 Å². The molecule has 0 amide bonds. The first-order valence-electron chi connectivity index (χ1n) is 22.5. The van der Waals surface area contributed by atoms with E-state index >= 15 is 0 Å². The Kier molecular flexibility index (Phi) is 9.61. The van der Waals surface area contributed by atoms with Gasteiger partial charge >= 0.3 is 0 Å². The molecule has 0 atom stereocenters. The molecule has 0 radical (unpaired) electrons. The quantitative estimate of drug-likeness (QED) is 0.143. The molecule has 0 saturated carbocycles. The van der Waals surface area contributed by atoms with Gasteiger partial charge in [-0.3, -0.25) is 4.98 Å². The SMILES string of the molecule is C=C/C(=C\C=C\c1nc(-c2ccc(-c3ccccc3)cc2)nc(-c2ccc3c(c2)Oc2cc(-c4cccc5cccnc45)ccc2C32c3ccccc3-c3ccccc32)n1)C1=CCCC=C1. The van der Waals surface area contributed by atoms with E-state index in [1.807, 2.05) is 36.6 Å². The largest absolute Gasteiger partial charge is 0.457 e. The molecule has 0 unspecified atom stereocenters. The highest BCUT2D eigenvalue weighted by molar-refractivity contribution is 5.95. The first kappa shape index (κ1) is 39.1. The number of pyridine rings is 1. The predicted octanol–water partition coefficient (Wildman–Crippen LogP) is 15.0. The van der Waals surface area contributed by atoms with Gasteiger partial charge in [-0.05, 0) is 87.2 Å². The molecule has 0 bridgehead atoms. The normalized spacial score (nSPS) is 14.3. The zero-order valence-corrected chi connectivity index (χ0v) is 36.1. The lowest BCUT2D eigenvalue weighted by molar-refractivity contribution is 0.437. The fourth-order valence-electron chi connectivity index (χ4n) is 10.1. The minimum Gasteiger partial charge on any atom is -0.457 e. The maximum Gasteiger partial charge on any atom is 0.164 e. The molecular weight excluding hydrogens is 805 g/mol. The van der Waals surface area contributed by atoms with E-state index in [2.05, 4.69) is 189 Å². The minimum absolute atomic E-state index is 0.544. The topological polar surface area (TPSA) is 60.8 Å². The van der Waals surface area contributed by atoms with Crippen LogP contribution >= 0.6 is 0 Å². The van der Waals surface area contributed by atoms with Crippen LogP contribution in [0.1, 0.15) is 40.9 Å². The summed E-state index contributed by atoms with van der Waals surface area (Å²) in [6.45, 7) is 4.10. The molecule has 0 saturated heterocycles. The monoisotopic (exact) mass is 846 g/mol. The standard InChI is InChI=1S/C61H42N4O/c1-2-40(41-16-5-3-6-17-41)20-14-28-57-63-59(45-31-29-43(30-32-45)42-18-7-4-8-19-42)65-60(64-57)47-34-36-54-56(39-47)66-55-38-46(48-25-13-21-44-22-15-37-62-58(44)48)33-35-53(55)61(54)51-26-11-9-23-49(51)50-24-10-12-27-52(50)61/h2,4-5,7-39H,1,3,6H2/b28-14+,40-20+. The Morgan fingerprint density at radius 3 is 1.89 bits per heavy atom. The first-order chi connectivity index (χ1) is 32.7. The van der Waals surface area contributed by atoms with Crippen molar-refractivity contribution in [3.8, 4) is 67.7 Å². The number of nitrogens with zero attached hydrogens (tertiary/aromatic N) is 4. The first-order valence-corrected chi connectivity index (χ1v) is 22.5. The van der Waals surface area contributed by atoms with Gasteiger partial charge < -0.3 is 4.74 Å². The number of rotatable bonds is 8. The lowest BCUT2D eigenvalue weighted by Crippen LogP contribution is -2.32. The second-order valence-electron chi connectivity index (χ2n) is 16.9. The van der Waals surface area contributed by atoms with Crippen molar-refractivity contribution in [2.24, 2.45) is 0 Å². The molecule has 12 rings (SSSR count). The van der Waals surface area contributed by atoms with Crippen molar-refractivity contribution in [2.45, 2.75) is 18.3 Å². The van der Waals surface area contributed by atoms with Gasteiger partial charge in [-0.1, -0.05) is 195 Å². The Morgan fingerprint density at radius 2 is 1.17 bits per heavy atom. The van der Waals surface area contributed by atoms with Gasteiger partial charge in [0.25, 0.3) is 0 Å². The number of benzene rings is 7. The van der Waals surface area contributed by atoms with Crippen LogP contribution in [-0.4, -0.2) is 19.9 Å². The molecule has 312 valence electrons. The average molecular weight is 847 g/mol. The molecule has 1 spiro atoms. The van der Waals surface area contributed by atoms with E-state index < -0.39 is 5.41 Å². The number of hydrogen-bond donors (Lipinski definition) is 0. The van der Waals surface area contributed by atoms with Crippen LogP contribution in [-0.2, 0) is 5.41 Å². The van der Waals surface area contributed by atoms with Gasteiger partial charge in [-0.2, -0.15) is 0 Å². The van der Waals surface area contributed by atoms with E-state index in [-0.39, 0.29) is 0 Å². The highest BCUT2D eigenvalue weighted by Crippen LogP contribution is 2.62. The second kappa shape index (κ2) is 16.2. The molecule has 1 aliphatic heterocycles. The van der Waals surface area contributed by atoms with Crippen molar-refractivity contribution >= 4 is 17.0 Å². The molecule has 9 aromatic rings. The molecule has 2 aromatic heterocycles. The summed E-state index contributed by atoms with van der Waals surface area (Å²) >= 11 is 0. The van der Waals surface area contributed by atoms with Crippen LogP contribution in [0.2, 0.25) is 0 Å². The highest BCUT2D eigenvalue weighted by atomic mass is 16.5. The number of hydrogen-bond acceptors (Lipinski definition) is 5. The van der Waals surface area contributed by atoms with Crippen molar-refractivity contribution in [3.05, 3.63) is 258 Å². The van der Waals surface area contributed by atoms with Crippen molar-refractivity contribution in [1.29, 1.82) is 0 Å². The Balaban J connectivity index is 1.02. The number of fused-ring (bicyclic) bond motifs is 10. The second-order valence-corrected chi connectivity index (χ2v) is 16.9. The van der Waals surface area contributed by atoms with Crippen LogP contribution in [0.25, 0.3) is 73.1 Å². The van der Waals surface area contributed by atoms with Gasteiger partial charge in [0.1, 0.15) is 11.5 Å². The summed E-state index contributed by atoms with van der Waals surface area (Å²) in [4.78, 5) is 20.1. The smallest absolute Gasteiger partial charge is 0.164 e.